The fourth-order valence-electron chi connectivity index (χ4n) is 3.07. The zero-order valence-electron chi connectivity index (χ0n) is 11.9. The second-order valence-corrected chi connectivity index (χ2v) is 5.72. The van der Waals surface area contributed by atoms with E-state index in [0.29, 0.717) is 5.91 Å². The van der Waals surface area contributed by atoms with E-state index >= 15 is 0 Å². The van der Waals surface area contributed by atoms with Gasteiger partial charge >= 0.3 is 0 Å². The molecule has 2 aliphatic heterocycles. The van der Waals surface area contributed by atoms with Crippen LogP contribution in [0, 0.1) is 5.92 Å². The maximum absolute atomic E-state index is 12.4. The Balaban J connectivity index is 1.46. The number of nitrogens with zero attached hydrogens (tertiary/aromatic N) is 2. The highest BCUT2D eigenvalue weighted by Gasteiger charge is 2.28. The molecule has 0 saturated carbocycles. The molecule has 2 aliphatic rings. The number of hydrogen-bond donors (Lipinski definition) is 1. The molecule has 0 aliphatic carbocycles. The summed E-state index contributed by atoms with van der Waals surface area (Å²) < 4.78 is 5.38. The molecular formula is C15H23N3O2. The molecule has 1 unspecified atom stereocenters. The van der Waals surface area contributed by atoms with Gasteiger partial charge in [0.05, 0.1) is 18.7 Å². The third kappa shape index (κ3) is 3.22. The Morgan fingerprint density at radius 3 is 2.85 bits per heavy atom. The van der Waals surface area contributed by atoms with Crippen LogP contribution in [0.2, 0.25) is 0 Å². The summed E-state index contributed by atoms with van der Waals surface area (Å²) in [6.07, 6.45) is 3.87. The minimum atomic E-state index is 0.195. The third-order valence-electron chi connectivity index (χ3n) is 4.29. The van der Waals surface area contributed by atoms with Crippen LogP contribution in [-0.2, 0) is 11.3 Å². The molecule has 0 radical (unpaired) electrons. The van der Waals surface area contributed by atoms with Gasteiger partial charge in [0.15, 0.2) is 0 Å². The molecule has 1 atom stereocenters. The van der Waals surface area contributed by atoms with Gasteiger partial charge in [0.25, 0.3) is 0 Å². The average molecular weight is 277 g/mol. The van der Waals surface area contributed by atoms with Gasteiger partial charge in [-0.25, -0.2) is 0 Å². The summed E-state index contributed by atoms with van der Waals surface area (Å²) >= 11 is 0. The highest BCUT2D eigenvalue weighted by molar-refractivity contribution is 5.79. The smallest absolute Gasteiger partial charge is 0.227 e. The van der Waals surface area contributed by atoms with E-state index in [1.54, 1.807) is 6.26 Å². The van der Waals surface area contributed by atoms with Crippen LogP contribution in [0.3, 0.4) is 0 Å². The first-order valence-electron chi connectivity index (χ1n) is 7.57. The lowest BCUT2D eigenvalue weighted by Crippen LogP contribution is -2.51. The lowest BCUT2D eigenvalue weighted by Gasteiger charge is -2.36. The molecule has 1 aromatic heterocycles. The van der Waals surface area contributed by atoms with Gasteiger partial charge in [-0.3, -0.25) is 9.69 Å². The van der Waals surface area contributed by atoms with Crippen LogP contribution in [0.25, 0.3) is 0 Å². The summed E-state index contributed by atoms with van der Waals surface area (Å²) in [4.78, 5) is 16.8. The van der Waals surface area contributed by atoms with Crippen LogP contribution < -0.4 is 5.32 Å². The number of amides is 1. The molecule has 0 spiro atoms. The van der Waals surface area contributed by atoms with E-state index in [2.05, 4.69) is 10.2 Å². The van der Waals surface area contributed by atoms with Gasteiger partial charge in [-0.1, -0.05) is 0 Å². The van der Waals surface area contributed by atoms with Crippen LogP contribution in [0.5, 0.6) is 0 Å². The SMILES string of the molecule is O=C(C1CCCNC1)N1CCN(Cc2ccco2)CC1. The van der Waals surface area contributed by atoms with Gasteiger partial charge in [-0.2, -0.15) is 0 Å². The van der Waals surface area contributed by atoms with Gasteiger partial charge in [0.1, 0.15) is 5.76 Å². The lowest BCUT2D eigenvalue weighted by atomic mass is 9.98. The van der Waals surface area contributed by atoms with Crippen molar-refractivity contribution in [3.63, 3.8) is 0 Å². The molecule has 1 N–H and O–H groups in total. The second-order valence-electron chi connectivity index (χ2n) is 5.72. The molecule has 0 aromatic carbocycles. The van der Waals surface area contributed by atoms with Crippen molar-refractivity contribution in [2.45, 2.75) is 19.4 Å². The van der Waals surface area contributed by atoms with Gasteiger partial charge in [0.2, 0.25) is 5.91 Å². The molecule has 2 fully saturated rings. The van der Waals surface area contributed by atoms with Gasteiger partial charge in [0, 0.05) is 32.7 Å². The summed E-state index contributed by atoms with van der Waals surface area (Å²) in [7, 11) is 0. The van der Waals surface area contributed by atoms with Crippen LogP contribution in [-0.4, -0.2) is 55.0 Å². The van der Waals surface area contributed by atoms with Crippen molar-refractivity contribution in [1.82, 2.24) is 15.1 Å². The highest BCUT2D eigenvalue weighted by atomic mass is 16.3. The average Bonchev–Trinajstić information content (AvgIpc) is 3.01. The first kappa shape index (κ1) is 13.6. The van der Waals surface area contributed by atoms with Crippen molar-refractivity contribution in [3.8, 4) is 0 Å². The van der Waals surface area contributed by atoms with Gasteiger partial charge in [-0.05, 0) is 31.5 Å². The number of carbonyl (C=O) groups is 1. The van der Waals surface area contributed by atoms with E-state index in [1.165, 1.54) is 0 Å². The van der Waals surface area contributed by atoms with Crippen molar-refractivity contribution >= 4 is 5.91 Å². The highest BCUT2D eigenvalue weighted by Crippen LogP contribution is 2.16. The molecule has 5 heteroatoms. The van der Waals surface area contributed by atoms with Crippen LogP contribution in [0.4, 0.5) is 0 Å². The Labute approximate surface area is 119 Å². The number of rotatable bonds is 3. The first-order valence-corrected chi connectivity index (χ1v) is 7.57. The minimum absolute atomic E-state index is 0.195. The zero-order valence-corrected chi connectivity index (χ0v) is 11.9. The summed E-state index contributed by atoms with van der Waals surface area (Å²) in [6, 6.07) is 3.93. The summed E-state index contributed by atoms with van der Waals surface area (Å²) in [6.45, 7) is 6.32. The van der Waals surface area contributed by atoms with E-state index in [-0.39, 0.29) is 5.92 Å². The van der Waals surface area contributed by atoms with E-state index < -0.39 is 0 Å². The fraction of sp³-hybridized carbons (Fsp3) is 0.667. The fourth-order valence-corrected chi connectivity index (χ4v) is 3.07. The summed E-state index contributed by atoms with van der Waals surface area (Å²) in [5, 5.41) is 3.32. The molecule has 3 rings (SSSR count). The number of furan rings is 1. The van der Waals surface area contributed by atoms with Crippen molar-refractivity contribution in [3.05, 3.63) is 24.2 Å². The first-order chi connectivity index (χ1) is 9.83. The number of carbonyl (C=O) groups excluding carboxylic acids is 1. The Hall–Kier alpha value is -1.33. The summed E-state index contributed by atoms with van der Waals surface area (Å²) in [5.74, 6) is 1.54. The number of hydrogen-bond acceptors (Lipinski definition) is 4. The van der Waals surface area contributed by atoms with Crippen LogP contribution >= 0.6 is 0 Å². The number of piperazine rings is 1. The monoisotopic (exact) mass is 277 g/mol. The van der Waals surface area contributed by atoms with E-state index in [0.717, 1.165) is 64.4 Å². The predicted octanol–water partition coefficient (Wildman–Crippen LogP) is 0.923. The molecule has 0 bridgehead atoms. The normalized spacial score (nSPS) is 24.8. The predicted molar refractivity (Wildman–Crippen MR) is 76.2 cm³/mol. The molecule has 5 nitrogen and oxygen atoms in total. The van der Waals surface area contributed by atoms with Crippen molar-refractivity contribution in [1.29, 1.82) is 0 Å². The second kappa shape index (κ2) is 6.41. The topological polar surface area (TPSA) is 48.7 Å². The lowest BCUT2D eigenvalue weighted by molar-refractivity contribution is -0.137. The largest absolute Gasteiger partial charge is 0.468 e. The maximum Gasteiger partial charge on any atom is 0.227 e. The Morgan fingerprint density at radius 1 is 1.35 bits per heavy atom. The molecule has 1 aromatic rings. The molecule has 20 heavy (non-hydrogen) atoms. The van der Waals surface area contributed by atoms with Gasteiger partial charge in [-0.15, -0.1) is 0 Å². The third-order valence-corrected chi connectivity index (χ3v) is 4.29. The summed E-state index contributed by atoms with van der Waals surface area (Å²) in [5.41, 5.74) is 0. The maximum atomic E-state index is 12.4. The number of nitrogens with one attached hydrogen (secondary N) is 1. The van der Waals surface area contributed by atoms with E-state index in [4.69, 9.17) is 4.42 Å². The molecular weight excluding hydrogens is 254 g/mol. The number of piperidine rings is 1. The van der Waals surface area contributed by atoms with Crippen molar-refractivity contribution < 1.29 is 9.21 Å². The Kier molecular flexibility index (Phi) is 4.38. The van der Waals surface area contributed by atoms with Gasteiger partial charge < -0.3 is 14.6 Å². The standard InChI is InChI=1S/C15H23N3O2/c19-15(13-3-1-5-16-11-13)18-8-6-17(7-9-18)12-14-4-2-10-20-14/h2,4,10,13,16H,1,3,5-9,11-12H2. The van der Waals surface area contributed by atoms with Crippen molar-refractivity contribution in [2.75, 3.05) is 39.3 Å². The van der Waals surface area contributed by atoms with Crippen LogP contribution in [0.15, 0.2) is 22.8 Å². The molecule has 1 amide bonds. The molecule has 2 saturated heterocycles. The van der Waals surface area contributed by atoms with Crippen LogP contribution in [0.1, 0.15) is 18.6 Å². The van der Waals surface area contributed by atoms with E-state index in [9.17, 15) is 4.79 Å². The zero-order chi connectivity index (χ0) is 13.8. The minimum Gasteiger partial charge on any atom is -0.468 e. The molecule has 110 valence electrons. The Bertz CT molecular complexity index is 418. The quantitative estimate of drug-likeness (QED) is 0.893. The van der Waals surface area contributed by atoms with Crippen molar-refractivity contribution in [2.24, 2.45) is 5.92 Å². The van der Waals surface area contributed by atoms with E-state index in [1.807, 2.05) is 17.0 Å². The molecule has 3 heterocycles. The Morgan fingerprint density at radius 2 is 2.20 bits per heavy atom.